The van der Waals surface area contributed by atoms with Crippen molar-refractivity contribution in [3.8, 4) is 11.5 Å². The summed E-state index contributed by atoms with van der Waals surface area (Å²) < 4.78 is 11.3. The van der Waals surface area contributed by atoms with E-state index in [0.717, 1.165) is 5.56 Å². The molecule has 0 radical (unpaired) electrons. The van der Waals surface area contributed by atoms with Gasteiger partial charge in [-0.1, -0.05) is 24.3 Å². The van der Waals surface area contributed by atoms with Gasteiger partial charge in [0, 0.05) is 7.05 Å². The number of carbonyl (C=O) groups excluding carboxylic acids is 1. The SMILES string of the molecule is COc1cc(C=C2SC(=Nc3cccc(C(=O)O)c3)N(C)C2=O)ccc1OCc1ccc(C(=O)O)cc1. The standard InChI is InChI=1S/C27H22N2O7S/c1-29-24(30)23(37-27(29)28-20-5-3-4-19(14-20)26(33)34)13-17-8-11-21(22(12-17)35-2)36-15-16-6-9-18(10-7-16)25(31)32/h3-14H,15H2,1-2H3,(H,31,32)(H,33,34). The maximum atomic E-state index is 12.8. The van der Waals surface area contributed by atoms with Crippen LogP contribution in [0.3, 0.4) is 0 Å². The molecule has 1 fully saturated rings. The minimum absolute atomic E-state index is 0.112. The van der Waals surface area contributed by atoms with Crippen molar-refractivity contribution in [2.45, 2.75) is 6.61 Å². The van der Waals surface area contributed by atoms with Gasteiger partial charge in [0.1, 0.15) is 6.61 Å². The molecule has 0 atom stereocenters. The minimum Gasteiger partial charge on any atom is -0.493 e. The number of nitrogens with zero attached hydrogens (tertiary/aromatic N) is 2. The van der Waals surface area contributed by atoms with Crippen molar-refractivity contribution in [2.75, 3.05) is 14.2 Å². The first-order chi connectivity index (χ1) is 17.7. The van der Waals surface area contributed by atoms with Crippen LogP contribution in [0.15, 0.2) is 76.6 Å². The van der Waals surface area contributed by atoms with E-state index in [1.807, 2.05) is 0 Å². The molecule has 188 valence electrons. The molecule has 1 heterocycles. The second kappa shape index (κ2) is 11.0. The Labute approximate surface area is 216 Å². The predicted molar refractivity (Wildman–Crippen MR) is 140 cm³/mol. The van der Waals surface area contributed by atoms with E-state index in [2.05, 4.69) is 4.99 Å². The zero-order valence-corrected chi connectivity index (χ0v) is 20.7. The summed E-state index contributed by atoms with van der Waals surface area (Å²) in [7, 11) is 3.12. The van der Waals surface area contributed by atoms with E-state index < -0.39 is 11.9 Å². The lowest BCUT2D eigenvalue weighted by atomic mass is 10.1. The maximum absolute atomic E-state index is 12.8. The zero-order chi connectivity index (χ0) is 26.5. The van der Waals surface area contributed by atoms with E-state index in [4.69, 9.17) is 14.6 Å². The second-order valence-corrected chi connectivity index (χ2v) is 8.93. The molecule has 1 aliphatic heterocycles. The largest absolute Gasteiger partial charge is 0.493 e. The van der Waals surface area contributed by atoms with Crippen LogP contribution in [0.1, 0.15) is 31.8 Å². The van der Waals surface area contributed by atoms with Crippen LogP contribution < -0.4 is 9.47 Å². The molecular weight excluding hydrogens is 496 g/mol. The number of amidine groups is 1. The fourth-order valence-corrected chi connectivity index (χ4v) is 4.41. The number of likely N-dealkylation sites (N-methyl/N-ethyl adjacent to an activating group) is 1. The summed E-state index contributed by atoms with van der Waals surface area (Å²) in [5.41, 5.74) is 2.26. The van der Waals surface area contributed by atoms with E-state index >= 15 is 0 Å². The Bertz CT molecular complexity index is 1430. The van der Waals surface area contributed by atoms with E-state index in [9.17, 15) is 19.5 Å². The van der Waals surface area contributed by atoms with Gasteiger partial charge in [0.05, 0.1) is 28.8 Å². The molecule has 9 nitrogen and oxygen atoms in total. The zero-order valence-electron chi connectivity index (χ0n) is 19.9. The minimum atomic E-state index is -1.05. The van der Waals surface area contributed by atoms with Crippen LogP contribution in [-0.2, 0) is 11.4 Å². The van der Waals surface area contributed by atoms with Crippen molar-refractivity contribution in [2.24, 2.45) is 4.99 Å². The number of aromatic carboxylic acids is 2. The van der Waals surface area contributed by atoms with Crippen LogP contribution in [-0.4, -0.2) is 52.3 Å². The third-order valence-electron chi connectivity index (χ3n) is 5.40. The van der Waals surface area contributed by atoms with Crippen LogP contribution in [0, 0.1) is 0 Å². The molecule has 0 spiro atoms. The molecule has 0 aromatic heterocycles. The molecule has 0 aliphatic carbocycles. The number of thioether (sulfide) groups is 1. The van der Waals surface area contributed by atoms with Crippen molar-refractivity contribution in [1.29, 1.82) is 0 Å². The highest BCUT2D eigenvalue weighted by Gasteiger charge is 2.30. The van der Waals surface area contributed by atoms with Crippen molar-refractivity contribution in [1.82, 2.24) is 4.90 Å². The average molecular weight is 519 g/mol. The predicted octanol–water partition coefficient (Wildman–Crippen LogP) is 4.90. The Morgan fingerprint density at radius 3 is 2.38 bits per heavy atom. The topological polar surface area (TPSA) is 126 Å². The van der Waals surface area contributed by atoms with Gasteiger partial charge < -0.3 is 19.7 Å². The molecule has 10 heteroatoms. The molecule has 0 saturated carbocycles. The van der Waals surface area contributed by atoms with Gasteiger partial charge in [-0.3, -0.25) is 9.69 Å². The highest BCUT2D eigenvalue weighted by atomic mass is 32.2. The summed E-state index contributed by atoms with van der Waals surface area (Å²) in [4.78, 5) is 41.3. The first kappa shape index (κ1) is 25.5. The quantitative estimate of drug-likeness (QED) is 0.403. The summed E-state index contributed by atoms with van der Waals surface area (Å²) >= 11 is 1.19. The van der Waals surface area contributed by atoms with Gasteiger partial charge in [0.15, 0.2) is 16.7 Å². The van der Waals surface area contributed by atoms with E-state index in [1.165, 1.54) is 48.0 Å². The number of ether oxygens (including phenoxy) is 2. The van der Waals surface area contributed by atoms with Gasteiger partial charge in [-0.15, -0.1) is 0 Å². The van der Waals surface area contributed by atoms with E-state index in [-0.39, 0.29) is 23.6 Å². The number of aliphatic imine (C=N–C) groups is 1. The molecule has 0 bridgehead atoms. The van der Waals surface area contributed by atoms with Gasteiger partial charge in [0.2, 0.25) is 0 Å². The first-order valence-corrected chi connectivity index (χ1v) is 11.8. The highest BCUT2D eigenvalue weighted by Crippen LogP contribution is 2.35. The number of rotatable bonds is 8. The molecule has 3 aromatic carbocycles. The first-order valence-electron chi connectivity index (χ1n) is 11.0. The third kappa shape index (κ3) is 5.99. The molecule has 4 rings (SSSR count). The summed E-state index contributed by atoms with van der Waals surface area (Å²) in [5.74, 6) is -1.31. The van der Waals surface area contributed by atoms with Gasteiger partial charge in [-0.05, 0) is 71.4 Å². The number of amides is 1. The summed E-state index contributed by atoms with van der Waals surface area (Å²) in [6.45, 7) is 0.221. The van der Waals surface area contributed by atoms with Crippen LogP contribution in [0.5, 0.6) is 11.5 Å². The van der Waals surface area contributed by atoms with Crippen molar-refractivity contribution in [3.63, 3.8) is 0 Å². The molecule has 1 saturated heterocycles. The molecule has 3 aromatic rings. The molecule has 2 N–H and O–H groups in total. The number of carboxylic acids is 2. The number of carboxylic acid groups (broad SMARTS) is 2. The lowest BCUT2D eigenvalue weighted by molar-refractivity contribution is -0.121. The normalized spacial score (nSPS) is 15.3. The number of carbonyl (C=O) groups is 3. The van der Waals surface area contributed by atoms with Gasteiger partial charge in [-0.2, -0.15) is 0 Å². The lowest BCUT2D eigenvalue weighted by Gasteiger charge is -2.12. The van der Waals surface area contributed by atoms with Crippen molar-refractivity contribution >= 4 is 46.5 Å². The lowest BCUT2D eigenvalue weighted by Crippen LogP contribution is -2.23. The Balaban J connectivity index is 1.50. The Morgan fingerprint density at radius 2 is 1.70 bits per heavy atom. The summed E-state index contributed by atoms with van der Waals surface area (Å²) in [6.07, 6.45) is 1.72. The monoisotopic (exact) mass is 518 g/mol. The number of hydrogen-bond donors (Lipinski definition) is 2. The average Bonchev–Trinajstić information content (AvgIpc) is 3.15. The number of benzene rings is 3. The Kier molecular flexibility index (Phi) is 7.59. The molecule has 37 heavy (non-hydrogen) atoms. The van der Waals surface area contributed by atoms with Gasteiger partial charge >= 0.3 is 11.9 Å². The van der Waals surface area contributed by atoms with Crippen molar-refractivity contribution < 1.29 is 34.1 Å². The van der Waals surface area contributed by atoms with Crippen LogP contribution in [0.25, 0.3) is 6.08 Å². The third-order valence-corrected chi connectivity index (χ3v) is 6.46. The summed E-state index contributed by atoms with van der Waals surface area (Å²) in [6, 6.07) is 17.9. The van der Waals surface area contributed by atoms with E-state index in [0.29, 0.717) is 32.8 Å². The number of methoxy groups -OCH3 is 1. The Morgan fingerprint density at radius 1 is 0.973 bits per heavy atom. The van der Waals surface area contributed by atoms with Crippen LogP contribution in [0.4, 0.5) is 5.69 Å². The van der Waals surface area contributed by atoms with Crippen LogP contribution in [0.2, 0.25) is 0 Å². The van der Waals surface area contributed by atoms with Crippen molar-refractivity contribution in [3.05, 3.63) is 93.9 Å². The van der Waals surface area contributed by atoms with Crippen LogP contribution >= 0.6 is 11.8 Å². The Hall–Kier alpha value is -4.57. The highest BCUT2D eigenvalue weighted by molar-refractivity contribution is 8.18. The van der Waals surface area contributed by atoms with E-state index in [1.54, 1.807) is 55.6 Å². The van der Waals surface area contributed by atoms with Gasteiger partial charge in [-0.25, -0.2) is 14.6 Å². The molecule has 1 amide bonds. The second-order valence-electron chi connectivity index (χ2n) is 7.93. The molecule has 0 unspecified atom stereocenters. The molecule has 1 aliphatic rings. The fraction of sp³-hybridized carbons (Fsp3) is 0.111. The fourth-order valence-electron chi connectivity index (χ4n) is 3.42. The molecular formula is C27H22N2O7S. The number of hydrogen-bond acceptors (Lipinski definition) is 7. The summed E-state index contributed by atoms with van der Waals surface area (Å²) in [5, 5.41) is 18.6. The smallest absolute Gasteiger partial charge is 0.335 e. The van der Waals surface area contributed by atoms with Gasteiger partial charge in [0.25, 0.3) is 5.91 Å². The maximum Gasteiger partial charge on any atom is 0.335 e.